The fourth-order valence-corrected chi connectivity index (χ4v) is 3.46. The highest BCUT2D eigenvalue weighted by atomic mass is 16.5. The number of hydrogen-bond acceptors (Lipinski definition) is 7. The second-order valence-corrected chi connectivity index (χ2v) is 6.41. The molecule has 140 valence electrons. The Morgan fingerprint density at radius 3 is 2.43 bits per heavy atom. The van der Waals surface area contributed by atoms with Crippen LogP contribution in [0.1, 0.15) is 44.5 Å². The van der Waals surface area contributed by atoms with Gasteiger partial charge in [0.1, 0.15) is 11.5 Å². The van der Waals surface area contributed by atoms with Crippen LogP contribution < -0.4 is 15.1 Å². The van der Waals surface area contributed by atoms with Gasteiger partial charge in [-0.1, -0.05) is 12.1 Å². The summed E-state index contributed by atoms with van der Waals surface area (Å²) < 4.78 is 15.7. The zero-order valence-electron chi connectivity index (χ0n) is 15.2. The lowest BCUT2D eigenvalue weighted by Crippen LogP contribution is -2.25. The number of methoxy groups -OCH3 is 1. The molecule has 1 aromatic heterocycles. The van der Waals surface area contributed by atoms with Gasteiger partial charge in [-0.15, -0.1) is 0 Å². The molecule has 1 heterocycles. The quantitative estimate of drug-likeness (QED) is 0.390. The summed E-state index contributed by atoms with van der Waals surface area (Å²) in [6, 6.07) is 7.62. The summed E-state index contributed by atoms with van der Waals surface area (Å²) >= 11 is 0. The monoisotopic (exact) mass is 378 g/mol. The van der Waals surface area contributed by atoms with Crippen LogP contribution in [0, 0.1) is 6.92 Å². The van der Waals surface area contributed by atoms with Crippen LogP contribution in [0.15, 0.2) is 39.5 Å². The molecule has 0 atom stereocenters. The Bertz CT molecular complexity index is 1260. The van der Waals surface area contributed by atoms with E-state index >= 15 is 0 Å². The molecule has 1 aliphatic rings. The zero-order chi connectivity index (χ0) is 20.2. The van der Waals surface area contributed by atoms with Gasteiger partial charge in [0, 0.05) is 17.9 Å². The summed E-state index contributed by atoms with van der Waals surface area (Å²) in [5.74, 6) is -2.03. The molecule has 0 fully saturated rings. The van der Waals surface area contributed by atoms with Gasteiger partial charge in [0.15, 0.2) is 11.5 Å². The Balaban J connectivity index is 2.11. The van der Waals surface area contributed by atoms with Crippen LogP contribution in [0.4, 0.5) is 0 Å². The number of hydrogen-bond donors (Lipinski definition) is 0. The first-order valence-corrected chi connectivity index (χ1v) is 8.39. The van der Waals surface area contributed by atoms with Crippen LogP contribution in [-0.2, 0) is 4.79 Å². The van der Waals surface area contributed by atoms with Gasteiger partial charge in [-0.3, -0.25) is 14.4 Å². The average Bonchev–Trinajstić information content (AvgIpc) is 2.65. The Kier molecular flexibility index (Phi) is 3.88. The van der Waals surface area contributed by atoms with Crippen molar-refractivity contribution in [2.24, 2.45) is 0 Å². The summed E-state index contributed by atoms with van der Waals surface area (Å²) in [4.78, 5) is 50.3. The number of benzene rings is 2. The van der Waals surface area contributed by atoms with E-state index in [1.165, 1.54) is 32.2 Å². The third-order valence-electron chi connectivity index (χ3n) is 4.54. The lowest BCUT2D eigenvalue weighted by atomic mass is 9.84. The fourth-order valence-electron chi connectivity index (χ4n) is 3.46. The second-order valence-electron chi connectivity index (χ2n) is 6.41. The first-order chi connectivity index (χ1) is 13.3. The normalized spacial score (nSPS) is 12.5. The molecule has 0 bridgehead atoms. The van der Waals surface area contributed by atoms with E-state index in [9.17, 15) is 19.2 Å². The van der Waals surface area contributed by atoms with Crippen LogP contribution in [0.2, 0.25) is 0 Å². The zero-order valence-corrected chi connectivity index (χ0v) is 15.2. The van der Waals surface area contributed by atoms with Crippen molar-refractivity contribution in [1.82, 2.24) is 0 Å². The molecule has 1 aliphatic carbocycles. The van der Waals surface area contributed by atoms with E-state index in [2.05, 4.69) is 0 Å². The Hall–Kier alpha value is -3.74. The van der Waals surface area contributed by atoms with E-state index in [4.69, 9.17) is 13.9 Å². The standard InChI is InChI=1S/C21H14O7/c1-9-7-12-15(14(8-9)26-3)17-18(23)11-5-4-6-13(27-10(2)22)16(11)19(24)20(17)28-21(12)25/h4-8H,1-3H3. The number of ketones is 2. The molecule has 0 unspecified atom stereocenters. The van der Waals surface area contributed by atoms with Crippen LogP contribution in [0.3, 0.4) is 0 Å². The predicted molar refractivity (Wildman–Crippen MR) is 98.4 cm³/mol. The van der Waals surface area contributed by atoms with E-state index in [0.29, 0.717) is 5.75 Å². The SMILES string of the molecule is COc1cc(C)cc2c(=O)oc3c(c12)C(=O)c1cccc(OC(C)=O)c1C3=O. The highest BCUT2D eigenvalue weighted by Crippen LogP contribution is 2.38. The number of esters is 1. The maximum absolute atomic E-state index is 13.3. The molecule has 0 saturated heterocycles. The van der Waals surface area contributed by atoms with Crippen molar-refractivity contribution >= 4 is 28.3 Å². The van der Waals surface area contributed by atoms with Gasteiger partial charge in [0.2, 0.25) is 5.78 Å². The summed E-state index contributed by atoms with van der Waals surface area (Å²) in [5.41, 5.74) is -0.101. The molecule has 7 nitrogen and oxygen atoms in total. The van der Waals surface area contributed by atoms with Gasteiger partial charge < -0.3 is 13.9 Å². The molecule has 0 N–H and O–H groups in total. The van der Waals surface area contributed by atoms with Crippen molar-refractivity contribution in [2.75, 3.05) is 7.11 Å². The molecule has 0 saturated carbocycles. The molecular weight excluding hydrogens is 364 g/mol. The fraction of sp³-hybridized carbons (Fsp3) is 0.143. The molecule has 4 rings (SSSR count). The Labute approximate surface area is 158 Å². The van der Waals surface area contributed by atoms with Crippen LogP contribution >= 0.6 is 0 Å². The van der Waals surface area contributed by atoms with Gasteiger partial charge >= 0.3 is 11.6 Å². The van der Waals surface area contributed by atoms with Crippen molar-refractivity contribution in [3.8, 4) is 11.5 Å². The summed E-state index contributed by atoms with van der Waals surface area (Å²) in [6.07, 6.45) is 0. The van der Waals surface area contributed by atoms with Crippen molar-refractivity contribution in [1.29, 1.82) is 0 Å². The van der Waals surface area contributed by atoms with E-state index in [1.54, 1.807) is 19.1 Å². The Morgan fingerprint density at radius 2 is 1.75 bits per heavy atom. The van der Waals surface area contributed by atoms with E-state index in [0.717, 1.165) is 5.56 Å². The van der Waals surface area contributed by atoms with Crippen molar-refractivity contribution in [3.05, 3.63) is 68.8 Å². The van der Waals surface area contributed by atoms with Gasteiger partial charge in [-0.25, -0.2) is 4.79 Å². The molecule has 0 radical (unpaired) electrons. The second kappa shape index (κ2) is 6.16. The molecule has 2 aromatic carbocycles. The van der Waals surface area contributed by atoms with Crippen molar-refractivity contribution in [3.63, 3.8) is 0 Å². The van der Waals surface area contributed by atoms with Crippen molar-refractivity contribution in [2.45, 2.75) is 13.8 Å². The first kappa shape index (κ1) is 17.7. The lowest BCUT2D eigenvalue weighted by Gasteiger charge is -2.20. The molecule has 28 heavy (non-hydrogen) atoms. The van der Waals surface area contributed by atoms with Gasteiger partial charge in [0.05, 0.1) is 23.6 Å². The first-order valence-electron chi connectivity index (χ1n) is 8.39. The minimum atomic E-state index is -0.759. The molecule has 0 amide bonds. The molecule has 0 spiro atoms. The third kappa shape index (κ3) is 2.44. The number of aryl methyl sites for hydroxylation is 1. The van der Waals surface area contributed by atoms with Gasteiger partial charge in [0.25, 0.3) is 0 Å². The minimum absolute atomic E-state index is 0.0380. The number of carbonyl (C=O) groups is 3. The predicted octanol–water partition coefficient (Wildman–Crippen LogP) is 2.81. The minimum Gasteiger partial charge on any atom is -0.496 e. The van der Waals surface area contributed by atoms with Gasteiger partial charge in [-0.05, 0) is 30.7 Å². The maximum atomic E-state index is 13.3. The number of fused-ring (bicyclic) bond motifs is 4. The van der Waals surface area contributed by atoms with Crippen molar-refractivity contribution < 1.29 is 28.3 Å². The topological polar surface area (TPSA) is 99.9 Å². The molecule has 3 aromatic rings. The molecular formula is C21H14O7. The Morgan fingerprint density at radius 1 is 1.00 bits per heavy atom. The average molecular weight is 378 g/mol. The van der Waals surface area contributed by atoms with E-state index < -0.39 is 28.9 Å². The van der Waals surface area contributed by atoms with Crippen LogP contribution in [0.5, 0.6) is 11.5 Å². The lowest BCUT2D eigenvalue weighted by molar-refractivity contribution is -0.131. The highest BCUT2D eigenvalue weighted by molar-refractivity contribution is 6.32. The number of ether oxygens (including phenoxy) is 2. The van der Waals surface area contributed by atoms with E-state index in [-0.39, 0.29) is 33.2 Å². The van der Waals surface area contributed by atoms with Crippen LogP contribution in [-0.4, -0.2) is 24.6 Å². The summed E-state index contributed by atoms with van der Waals surface area (Å²) in [5, 5.41) is 0.373. The van der Waals surface area contributed by atoms with E-state index in [1.807, 2.05) is 0 Å². The van der Waals surface area contributed by atoms with Gasteiger partial charge in [-0.2, -0.15) is 0 Å². The number of rotatable bonds is 2. The summed E-state index contributed by atoms with van der Waals surface area (Å²) in [7, 11) is 1.41. The largest absolute Gasteiger partial charge is 0.496 e. The third-order valence-corrected chi connectivity index (χ3v) is 4.54. The maximum Gasteiger partial charge on any atom is 0.344 e. The smallest absolute Gasteiger partial charge is 0.344 e. The number of carbonyl (C=O) groups excluding carboxylic acids is 3. The highest BCUT2D eigenvalue weighted by Gasteiger charge is 2.37. The summed E-state index contributed by atoms with van der Waals surface area (Å²) in [6.45, 7) is 2.96. The molecule has 0 aliphatic heterocycles. The van der Waals surface area contributed by atoms with Crippen LogP contribution in [0.25, 0.3) is 10.8 Å². The molecule has 7 heteroatoms.